The summed E-state index contributed by atoms with van der Waals surface area (Å²) in [6, 6.07) is 5.42. The molecule has 0 bridgehead atoms. The number of hydrogen-bond acceptors (Lipinski definition) is 3. The first-order chi connectivity index (χ1) is 11.4. The SMILES string of the molecule is Cc1cccc(CC2(CNC(=O)c3nn(C)c(=O)[nH]3)CCC2)c1F. The van der Waals surface area contributed by atoms with Crippen LogP contribution in [-0.2, 0) is 13.5 Å². The average Bonchev–Trinajstić information content (AvgIpc) is 2.85. The number of hydrogen-bond donors (Lipinski definition) is 2. The molecule has 128 valence electrons. The van der Waals surface area contributed by atoms with E-state index in [1.807, 2.05) is 6.07 Å². The van der Waals surface area contributed by atoms with Crippen LogP contribution in [-0.4, -0.2) is 27.2 Å². The second-order valence-electron chi connectivity index (χ2n) is 6.66. The number of carbonyl (C=O) groups excluding carboxylic acids is 1. The zero-order valence-corrected chi connectivity index (χ0v) is 13.9. The smallest absolute Gasteiger partial charge is 0.343 e. The first-order valence-corrected chi connectivity index (χ1v) is 8.06. The summed E-state index contributed by atoms with van der Waals surface area (Å²) in [6.07, 6.45) is 3.56. The van der Waals surface area contributed by atoms with E-state index in [-0.39, 0.29) is 17.1 Å². The topological polar surface area (TPSA) is 79.8 Å². The fraction of sp³-hybridized carbons (Fsp3) is 0.471. The minimum absolute atomic E-state index is 0.00119. The third-order valence-electron chi connectivity index (χ3n) is 4.86. The van der Waals surface area contributed by atoms with Gasteiger partial charge in [-0.3, -0.25) is 9.78 Å². The summed E-state index contributed by atoms with van der Waals surface area (Å²) in [7, 11) is 1.48. The van der Waals surface area contributed by atoms with Gasteiger partial charge in [0.15, 0.2) is 0 Å². The van der Waals surface area contributed by atoms with Gasteiger partial charge in [0.1, 0.15) is 5.82 Å². The molecule has 0 radical (unpaired) electrons. The van der Waals surface area contributed by atoms with Crippen molar-refractivity contribution >= 4 is 5.91 Å². The first-order valence-electron chi connectivity index (χ1n) is 8.06. The van der Waals surface area contributed by atoms with E-state index in [0.717, 1.165) is 23.9 Å². The van der Waals surface area contributed by atoms with Crippen molar-refractivity contribution in [3.63, 3.8) is 0 Å². The molecule has 1 aliphatic rings. The van der Waals surface area contributed by atoms with Gasteiger partial charge in [-0.1, -0.05) is 24.6 Å². The van der Waals surface area contributed by atoms with E-state index in [1.165, 1.54) is 7.05 Å². The van der Waals surface area contributed by atoms with Crippen molar-refractivity contribution < 1.29 is 9.18 Å². The molecule has 1 heterocycles. The number of aromatic amines is 1. The molecule has 1 aliphatic carbocycles. The summed E-state index contributed by atoms with van der Waals surface area (Å²) >= 11 is 0. The quantitative estimate of drug-likeness (QED) is 0.874. The molecule has 0 spiro atoms. The lowest BCUT2D eigenvalue weighted by Crippen LogP contribution is -2.44. The van der Waals surface area contributed by atoms with Gasteiger partial charge in [-0.25, -0.2) is 13.9 Å². The highest BCUT2D eigenvalue weighted by Gasteiger charge is 2.38. The van der Waals surface area contributed by atoms with Crippen LogP contribution < -0.4 is 11.0 Å². The zero-order valence-electron chi connectivity index (χ0n) is 13.9. The van der Waals surface area contributed by atoms with Crippen molar-refractivity contribution in [3.8, 4) is 0 Å². The van der Waals surface area contributed by atoms with Crippen LogP contribution in [0.25, 0.3) is 0 Å². The minimum Gasteiger partial charge on any atom is -0.349 e. The number of nitrogens with one attached hydrogen (secondary N) is 2. The summed E-state index contributed by atoms with van der Waals surface area (Å²) in [5, 5.41) is 6.67. The average molecular weight is 332 g/mol. The molecule has 1 aromatic carbocycles. The van der Waals surface area contributed by atoms with Gasteiger partial charge in [0.2, 0.25) is 5.82 Å². The summed E-state index contributed by atoms with van der Waals surface area (Å²) in [5.74, 6) is -0.577. The number of rotatable bonds is 5. The Morgan fingerprint density at radius 3 is 2.79 bits per heavy atom. The number of aryl methyl sites for hydroxylation is 2. The molecule has 1 fully saturated rings. The van der Waals surface area contributed by atoms with Crippen LogP contribution in [0.4, 0.5) is 4.39 Å². The first kappa shape index (κ1) is 16.4. The summed E-state index contributed by atoms with van der Waals surface area (Å²) in [5.41, 5.74) is 0.770. The van der Waals surface area contributed by atoms with Gasteiger partial charge >= 0.3 is 5.69 Å². The molecule has 0 aliphatic heterocycles. The zero-order chi connectivity index (χ0) is 17.3. The van der Waals surface area contributed by atoms with Gasteiger partial charge in [0.25, 0.3) is 5.91 Å². The molecule has 1 saturated carbocycles. The number of H-pyrrole nitrogens is 1. The molecular weight excluding hydrogens is 311 g/mol. The molecule has 7 heteroatoms. The molecule has 1 amide bonds. The van der Waals surface area contributed by atoms with Crippen LogP contribution in [0.1, 0.15) is 41.0 Å². The van der Waals surface area contributed by atoms with Crippen molar-refractivity contribution in [1.82, 2.24) is 20.1 Å². The van der Waals surface area contributed by atoms with E-state index in [0.29, 0.717) is 24.1 Å². The monoisotopic (exact) mass is 332 g/mol. The van der Waals surface area contributed by atoms with Crippen LogP contribution in [0, 0.1) is 18.2 Å². The molecule has 0 unspecified atom stereocenters. The van der Waals surface area contributed by atoms with Crippen LogP contribution in [0.2, 0.25) is 0 Å². The molecule has 0 atom stereocenters. The maximum atomic E-state index is 14.3. The van der Waals surface area contributed by atoms with Crippen molar-refractivity contribution in [3.05, 3.63) is 51.5 Å². The Hall–Kier alpha value is -2.44. The van der Waals surface area contributed by atoms with E-state index in [4.69, 9.17) is 0 Å². The molecule has 2 aromatic rings. The van der Waals surface area contributed by atoms with E-state index in [1.54, 1.807) is 19.1 Å². The Labute approximate surface area is 139 Å². The highest BCUT2D eigenvalue weighted by molar-refractivity contribution is 5.90. The highest BCUT2D eigenvalue weighted by Crippen LogP contribution is 2.43. The maximum Gasteiger partial charge on any atom is 0.343 e. The standard InChI is InChI=1S/C17H21FN4O2/c1-11-5-3-6-12(13(11)18)9-17(7-4-8-17)10-19-15(23)14-20-16(24)22(2)21-14/h3,5-6H,4,7-10H2,1-2H3,(H,19,23)(H,20,21,24). The van der Waals surface area contributed by atoms with Crippen molar-refractivity contribution in [2.45, 2.75) is 32.6 Å². The van der Waals surface area contributed by atoms with Crippen molar-refractivity contribution in [1.29, 1.82) is 0 Å². The highest BCUT2D eigenvalue weighted by atomic mass is 19.1. The molecule has 3 rings (SSSR count). The summed E-state index contributed by atoms with van der Waals surface area (Å²) in [4.78, 5) is 25.9. The maximum absolute atomic E-state index is 14.3. The third kappa shape index (κ3) is 3.11. The summed E-state index contributed by atoms with van der Waals surface area (Å²) < 4.78 is 15.3. The van der Waals surface area contributed by atoms with Gasteiger partial charge < -0.3 is 5.32 Å². The van der Waals surface area contributed by atoms with Gasteiger partial charge in [-0.15, -0.1) is 5.10 Å². The Bertz CT molecular complexity index is 820. The predicted octanol–water partition coefficient (Wildman–Crippen LogP) is 1.70. The largest absolute Gasteiger partial charge is 0.349 e. The van der Waals surface area contributed by atoms with Crippen molar-refractivity contribution in [2.75, 3.05) is 6.54 Å². The fourth-order valence-corrected chi connectivity index (χ4v) is 3.20. The number of benzene rings is 1. The molecule has 24 heavy (non-hydrogen) atoms. The van der Waals surface area contributed by atoms with E-state index in [9.17, 15) is 14.0 Å². The molecule has 0 saturated heterocycles. The van der Waals surface area contributed by atoms with E-state index >= 15 is 0 Å². The van der Waals surface area contributed by atoms with Gasteiger partial charge in [-0.05, 0) is 42.7 Å². The third-order valence-corrected chi connectivity index (χ3v) is 4.86. The van der Waals surface area contributed by atoms with Crippen LogP contribution in [0.15, 0.2) is 23.0 Å². The Kier molecular flexibility index (Phi) is 4.26. The number of nitrogens with zero attached hydrogens (tertiary/aromatic N) is 2. The van der Waals surface area contributed by atoms with Crippen LogP contribution in [0.3, 0.4) is 0 Å². The number of carbonyl (C=O) groups is 1. The lowest BCUT2D eigenvalue weighted by atomic mass is 9.65. The predicted molar refractivity (Wildman–Crippen MR) is 87.3 cm³/mol. The number of amides is 1. The van der Waals surface area contributed by atoms with E-state index in [2.05, 4.69) is 15.4 Å². The molecule has 2 N–H and O–H groups in total. The summed E-state index contributed by atoms with van der Waals surface area (Å²) in [6.45, 7) is 2.20. The molecule has 6 nitrogen and oxygen atoms in total. The lowest BCUT2D eigenvalue weighted by Gasteiger charge is -2.42. The van der Waals surface area contributed by atoms with Crippen LogP contribution >= 0.6 is 0 Å². The number of halogens is 1. The lowest BCUT2D eigenvalue weighted by molar-refractivity contribution is 0.0848. The van der Waals surface area contributed by atoms with E-state index < -0.39 is 11.6 Å². The van der Waals surface area contributed by atoms with Crippen molar-refractivity contribution in [2.24, 2.45) is 12.5 Å². The Morgan fingerprint density at radius 1 is 1.46 bits per heavy atom. The van der Waals surface area contributed by atoms with Gasteiger partial charge in [0.05, 0.1) is 0 Å². The van der Waals surface area contributed by atoms with Gasteiger partial charge in [-0.2, -0.15) is 0 Å². The minimum atomic E-state index is -0.430. The molecular formula is C17H21FN4O2. The fourth-order valence-electron chi connectivity index (χ4n) is 3.20. The second kappa shape index (κ2) is 6.22. The Morgan fingerprint density at radius 2 is 2.21 bits per heavy atom. The van der Waals surface area contributed by atoms with Crippen LogP contribution in [0.5, 0.6) is 0 Å². The Balaban J connectivity index is 1.69. The number of aromatic nitrogens is 3. The van der Waals surface area contributed by atoms with Gasteiger partial charge in [0, 0.05) is 13.6 Å². The molecule has 1 aromatic heterocycles. The normalized spacial score (nSPS) is 15.8. The second-order valence-corrected chi connectivity index (χ2v) is 6.66.